The lowest BCUT2D eigenvalue weighted by atomic mass is 9.44. The molecular formula is C30H54O3. The van der Waals surface area contributed by atoms with Crippen molar-refractivity contribution in [2.24, 2.45) is 52.3 Å². The SMILES string of the molecule is CC(C)CCCC(C)C1CCC2C3CCC4CC(O)CCC4(C)C3CCC12C.COC(C)=O. The molecule has 0 aromatic rings. The summed E-state index contributed by atoms with van der Waals surface area (Å²) in [5.74, 6) is 6.24. The molecule has 0 bridgehead atoms. The van der Waals surface area contributed by atoms with Gasteiger partial charge in [-0.2, -0.15) is 0 Å². The highest BCUT2D eigenvalue weighted by atomic mass is 16.5. The molecule has 0 heterocycles. The summed E-state index contributed by atoms with van der Waals surface area (Å²) in [7, 11) is 1.35. The summed E-state index contributed by atoms with van der Waals surface area (Å²) in [6.45, 7) is 14.0. The predicted molar refractivity (Wildman–Crippen MR) is 137 cm³/mol. The Kier molecular flexibility index (Phi) is 9.01. The maximum absolute atomic E-state index is 10.3. The second-order valence-electron chi connectivity index (χ2n) is 13.3. The topological polar surface area (TPSA) is 46.5 Å². The Morgan fingerprint density at radius 1 is 0.939 bits per heavy atom. The number of fused-ring (bicyclic) bond motifs is 5. The molecule has 4 fully saturated rings. The van der Waals surface area contributed by atoms with Crippen LogP contribution in [0, 0.1) is 52.3 Å². The summed E-state index contributed by atoms with van der Waals surface area (Å²) in [5.41, 5.74) is 1.15. The van der Waals surface area contributed by atoms with Crippen molar-refractivity contribution in [3.8, 4) is 0 Å². The van der Waals surface area contributed by atoms with E-state index < -0.39 is 0 Å². The van der Waals surface area contributed by atoms with Crippen molar-refractivity contribution in [2.75, 3.05) is 7.11 Å². The highest BCUT2D eigenvalue weighted by Crippen LogP contribution is 2.68. The fraction of sp³-hybridized carbons (Fsp3) is 0.967. The Morgan fingerprint density at radius 3 is 2.21 bits per heavy atom. The molecule has 1 N–H and O–H groups in total. The first-order chi connectivity index (χ1) is 15.5. The number of methoxy groups -OCH3 is 1. The number of aliphatic hydroxyl groups is 1. The van der Waals surface area contributed by atoms with Gasteiger partial charge in [-0.3, -0.25) is 4.79 Å². The number of rotatable bonds is 5. The molecule has 0 saturated heterocycles. The number of hydrogen-bond acceptors (Lipinski definition) is 3. The number of carbonyl (C=O) groups is 1. The van der Waals surface area contributed by atoms with Gasteiger partial charge in [-0.25, -0.2) is 0 Å². The van der Waals surface area contributed by atoms with Crippen molar-refractivity contribution in [2.45, 2.75) is 125 Å². The van der Waals surface area contributed by atoms with Gasteiger partial charge in [0.2, 0.25) is 0 Å². The minimum absolute atomic E-state index is 0.00830. The lowest BCUT2D eigenvalue weighted by Crippen LogP contribution is -2.54. The summed E-state index contributed by atoms with van der Waals surface area (Å²) in [6, 6.07) is 0. The molecule has 4 aliphatic carbocycles. The number of carbonyl (C=O) groups excluding carboxylic acids is 1. The molecule has 0 aromatic carbocycles. The molecule has 4 saturated carbocycles. The van der Waals surface area contributed by atoms with Crippen LogP contribution in [0.15, 0.2) is 0 Å². The first-order valence-electron chi connectivity index (χ1n) is 14.3. The van der Waals surface area contributed by atoms with E-state index in [1.54, 1.807) is 0 Å². The Bertz CT molecular complexity index is 644. The second-order valence-corrected chi connectivity index (χ2v) is 13.3. The molecule has 192 valence electrons. The molecule has 33 heavy (non-hydrogen) atoms. The van der Waals surface area contributed by atoms with Crippen LogP contribution in [0.3, 0.4) is 0 Å². The first-order valence-corrected chi connectivity index (χ1v) is 14.3. The third kappa shape index (κ3) is 5.65. The summed E-state index contributed by atoms with van der Waals surface area (Å²) >= 11 is 0. The zero-order chi connectivity index (χ0) is 24.4. The van der Waals surface area contributed by atoms with E-state index in [9.17, 15) is 9.90 Å². The average Bonchev–Trinajstić information content (AvgIpc) is 3.11. The van der Waals surface area contributed by atoms with Gasteiger partial charge in [0.1, 0.15) is 0 Å². The molecule has 0 radical (unpaired) electrons. The van der Waals surface area contributed by atoms with Gasteiger partial charge >= 0.3 is 5.97 Å². The highest BCUT2D eigenvalue weighted by molar-refractivity contribution is 5.65. The van der Waals surface area contributed by atoms with E-state index in [1.165, 1.54) is 78.2 Å². The van der Waals surface area contributed by atoms with Gasteiger partial charge in [0.25, 0.3) is 0 Å². The second kappa shape index (κ2) is 11.0. The van der Waals surface area contributed by atoms with E-state index in [-0.39, 0.29) is 12.1 Å². The molecule has 4 aliphatic rings. The minimum Gasteiger partial charge on any atom is -0.469 e. The fourth-order valence-electron chi connectivity index (χ4n) is 9.26. The average molecular weight is 463 g/mol. The van der Waals surface area contributed by atoms with Crippen LogP contribution in [0.4, 0.5) is 0 Å². The summed E-state index contributed by atoms with van der Waals surface area (Å²) in [5, 5.41) is 10.3. The van der Waals surface area contributed by atoms with Gasteiger partial charge in [-0.05, 0) is 110 Å². The van der Waals surface area contributed by atoms with E-state index in [0.29, 0.717) is 10.8 Å². The Balaban J connectivity index is 0.000000555. The zero-order valence-electron chi connectivity index (χ0n) is 22.9. The molecule has 3 nitrogen and oxygen atoms in total. The molecule has 0 spiro atoms. The molecule has 0 amide bonds. The lowest BCUT2D eigenvalue weighted by molar-refractivity contribution is -0.137. The maximum atomic E-state index is 10.3. The number of esters is 1. The summed E-state index contributed by atoms with van der Waals surface area (Å²) < 4.78 is 4.11. The van der Waals surface area contributed by atoms with Crippen molar-refractivity contribution >= 4 is 5.97 Å². The van der Waals surface area contributed by atoms with Crippen LogP contribution in [-0.4, -0.2) is 24.3 Å². The standard InChI is InChI=1S/C27H48O.C3H6O2/c1-18(2)7-6-8-19(3)23-11-12-24-22-10-9-20-17-21(28)13-15-26(20,4)25(22)14-16-27(23,24)5;1-3(4)5-2/h18-25,28H,6-17H2,1-5H3;1-2H3. The molecule has 9 atom stereocenters. The van der Waals surface area contributed by atoms with Crippen LogP contribution >= 0.6 is 0 Å². The number of ether oxygens (including phenoxy) is 1. The third-order valence-corrected chi connectivity index (χ3v) is 11.1. The van der Waals surface area contributed by atoms with Crippen molar-refractivity contribution in [1.29, 1.82) is 0 Å². The lowest BCUT2D eigenvalue weighted by Gasteiger charge is -2.61. The minimum atomic E-state index is -0.245. The van der Waals surface area contributed by atoms with Gasteiger partial charge in [0.05, 0.1) is 13.2 Å². The van der Waals surface area contributed by atoms with E-state index >= 15 is 0 Å². The van der Waals surface area contributed by atoms with Crippen LogP contribution in [0.5, 0.6) is 0 Å². The van der Waals surface area contributed by atoms with Crippen LogP contribution in [0.25, 0.3) is 0 Å². The molecule has 4 rings (SSSR count). The van der Waals surface area contributed by atoms with Crippen LogP contribution < -0.4 is 0 Å². The molecular weight excluding hydrogens is 408 g/mol. The molecule has 3 heteroatoms. The molecule has 0 aliphatic heterocycles. The highest BCUT2D eigenvalue weighted by Gasteiger charge is 2.60. The fourth-order valence-corrected chi connectivity index (χ4v) is 9.26. The van der Waals surface area contributed by atoms with E-state index in [2.05, 4.69) is 39.4 Å². The normalized spacial score (nSPS) is 42.9. The largest absolute Gasteiger partial charge is 0.469 e. The monoisotopic (exact) mass is 462 g/mol. The van der Waals surface area contributed by atoms with Crippen molar-refractivity contribution in [1.82, 2.24) is 0 Å². The van der Waals surface area contributed by atoms with Crippen LogP contribution in [0.1, 0.15) is 119 Å². The quantitative estimate of drug-likeness (QED) is 0.427. The van der Waals surface area contributed by atoms with Gasteiger partial charge in [-0.15, -0.1) is 0 Å². The van der Waals surface area contributed by atoms with Gasteiger partial charge in [0, 0.05) is 6.92 Å². The van der Waals surface area contributed by atoms with Crippen LogP contribution in [0.2, 0.25) is 0 Å². The Hall–Kier alpha value is -0.570. The number of hydrogen-bond donors (Lipinski definition) is 1. The zero-order valence-corrected chi connectivity index (χ0v) is 22.9. The first kappa shape index (κ1) is 27.0. The summed E-state index contributed by atoms with van der Waals surface area (Å²) in [4.78, 5) is 9.59. The predicted octanol–water partition coefficient (Wildman–Crippen LogP) is 7.65. The Labute approximate surface area is 204 Å². The number of aliphatic hydroxyl groups excluding tert-OH is 1. The Morgan fingerprint density at radius 2 is 1.58 bits per heavy atom. The van der Waals surface area contributed by atoms with E-state index in [4.69, 9.17) is 0 Å². The van der Waals surface area contributed by atoms with Gasteiger partial charge in [0.15, 0.2) is 0 Å². The van der Waals surface area contributed by atoms with E-state index in [1.807, 2.05) is 0 Å². The van der Waals surface area contributed by atoms with Gasteiger partial charge < -0.3 is 9.84 Å². The molecule has 9 unspecified atom stereocenters. The van der Waals surface area contributed by atoms with Crippen LogP contribution in [-0.2, 0) is 9.53 Å². The van der Waals surface area contributed by atoms with Crippen molar-refractivity contribution < 1.29 is 14.6 Å². The van der Waals surface area contributed by atoms with Gasteiger partial charge in [-0.1, -0.05) is 53.9 Å². The maximum Gasteiger partial charge on any atom is 0.302 e. The third-order valence-electron chi connectivity index (χ3n) is 11.1. The summed E-state index contributed by atoms with van der Waals surface area (Å²) in [6.07, 6.45) is 16.6. The van der Waals surface area contributed by atoms with E-state index in [0.717, 1.165) is 54.3 Å². The van der Waals surface area contributed by atoms with Crippen molar-refractivity contribution in [3.63, 3.8) is 0 Å². The smallest absolute Gasteiger partial charge is 0.302 e. The van der Waals surface area contributed by atoms with Crippen molar-refractivity contribution in [3.05, 3.63) is 0 Å². The molecule has 0 aromatic heterocycles.